The molecule has 0 radical (unpaired) electrons. The Labute approximate surface area is 128 Å². The van der Waals surface area contributed by atoms with E-state index in [0.717, 1.165) is 39.3 Å². The first-order chi connectivity index (χ1) is 9.56. The van der Waals surface area contributed by atoms with E-state index in [1.807, 2.05) is 11.3 Å². The van der Waals surface area contributed by atoms with Crippen LogP contribution in [0.25, 0.3) is 0 Å². The second kappa shape index (κ2) is 9.50. The van der Waals surface area contributed by atoms with Crippen LogP contribution in [0.2, 0.25) is 0 Å². The highest BCUT2D eigenvalue weighted by Gasteiger charge is 2.12. The zero-order chi connectivity index (χ0) is 15.0. The van der Waals surface area contributed by atoms with E-state index in [2.05, 4.69) is 44.0 Å². The zero-order valence-corrected chi connectivity index (χ0v) is 14.5. The SMILES string of the molecule is CCNCc1cc(CN(CCOC)CC(C)C)c(C)s1. The van der Waals surface area contributed by atoms with E-state index in [1.165, 1.54) is 15.3 Å². The minimum atomic E-state index is 0.687. The Morgan fingerprint density at radius 3 is 2.75 bits per heavy atom. The molecule has 4 heteroatoms. The summed E-state index contributed by atoms with van der Waals surface area (Å²) in [6, 6.07) is 2.36. The van der Waals surface area contributed by atoms with Crippen molar-refractivity contribution in [3.63, 3.8) is 0 Å². The van der Waals surface area contributed by atoms with Crippen molar-refractivity contribution >= 4 is 11.3 Å². The maximum atomic E-state index is 5.23. The first-order valence-corrected chi connectivity index (χ1v) is 8.38. The molecule has 20 heavy (non-hydrogen) atoms. The van der Waals surface area contributed by atoms with Gasteiger partial charge in [-0.3, -0.25) is 4.90 Å². The number of ether oxygens (including phenoxy) is 1. The number of rotatable bonds is 10. The molecule has 0 unspecified atom stereocenters. The molecule has 0 aliphatic heterocycles. The van der Waals surface area contributed by atoms with Crippen molar-refractivity contribution in [1.29, 1.82) is 0 Å². The van der Waals surface area contributed by atoms with Crippen LogP contribution in [0.5, 0.6) is 0 Å². The molecule has 0 aliphatic rings. The number of methoxy groups -OCH3 is 1. The zero-order valence-electron chi connectivity index (χ0n) is 13.7. The van der Waals surface area contributed by atoms with Gasteiger partial charge < -0.3 is 10.1 Å². The van der Waals surface area contributed by atoms with Crippen LogP contribution in [-0.2, 0) is 17.8 Å². The summed E-state index contributed by atoms with van der Waals surface area (Å²) >= 11 is 1.92. The predicted molar refractivity (Wildman–Crippen MR) is 88.4 cm³/mol. The third-order valence-corrected chi connectivity index (χ3v) is 4.34. The number of thiophene rings is 1. The lowest BCUT2D eigenvalue weighted by atomic mass is 10.1. The van der Waals surface area contributed by atoms with Gasteiger partial charge in [0.05, 0.1) is 6.61 Å². The van der Waals surface area contributed by atoms with E-state index in [9.17, 15) is 0 Å². The van der Waals surface area contributed by atoms with E-state index in [1.54, 1.807) is 7.11 Å². The van der Waals surface area contributed by atoms with Crippen LogP contribution in [0.1, 0.15) is 36.1 Å². The van der Waals surface area contributed by atoms with Gasteiger partial charge in [0.2, 0.25) is 0 Å². The van der Waals surface area contributed by atoms with Crippen molar-refractivity contribution in [3.05, 3.63) is 21.4 Å². The summed E-state index contributed by atoms with van der Waals surface area (Å²) in [4.78, 5) is 5.39. The third-order valence-electron chi connectivity index (χ3n) is 3.25. The Balaban J connectivity index is 2.63. The molecule has 1 aromatic rings. The molecule has 0 spiro atoms. The molecular formula is C16H30N2OS. The van der Waals surface area contributed by atoms with Crippen molar-refractivity contribution in [2.45, 2.75) is 40.8 Å². The quantitative estimate of drug-likeness (QED) is 0.717. The van der Waals surface area contributed by atoms with Crippen molar-refractivity contribution < 1.29 is 4.74 Å². The Kier molecular flexibility index (Phi) is 8.38. The van der Waals surface area contributed by atoms with Crippen molar-refractivity contribution in [2.75, 3.05) is 33.4 Å². The van der Waals surface area contributed by atoms with E-state index >= 15 is 0 Å². The van der Waals surface area contributed by atoms with Gasteiger partial charge in [-0.2, -0.15) is 0 Å². The fourth-order valence-corrected chi connectivity index (χ4v) is 3.32. The van der Waals surface area contributed by atoms with Gasteiger partial charge in [-0.15, -0.1) is 11.3 Å². The highest BCUT2D eigenvalue weighted by Crippen LogP contribution is 2.23. The lowest BCUT2D eigenvalue weighted by molar-refractivity contribution is 0.136. The summed E-state index contributed by atoms with van der Waals surface area (Å²) in [7, 11) is 1.78. The van der Waals surface area contributed by atoms with Gasteiger partial charge >= 0.3 is 0 Å². The molecule has 0 saturated carbocycles. The summed E-state index contributed by atoms with van der Waals surface area (Å²) in [6.07, 6.45) is 0. The molecule has 0 amide bonds. The lowest BCUT2D eigenvalue weighted by Crippen LogP contribution is -2.30. The van der Waals surface area contributed by atoms with E-state index < -0.39 is 0 Å². The largest absolute Gasteiger partial charge is 0.383 e. The molecule has 0 aromatic carbocycles. The minimum Gasteiger partial charge on any atom is -0.383 e. The van der Waals surface area contributed by atoms with Gasteiger partial charge in [0.15, 0.2) is 0 Å². The minimum absolute atomic E-state index is 0.687. The Morgan fingerprint density at radius 2 is 2.15 bits per heavy atom. The van der Waals surface area contributed by atoms with Crippen LogP contribution < -0.4 is 5.32 Å². The van der Waals surface area contributed by atoms with Crippen molar-refractivity contribution in [3.8, 4) is 0 Å². The van der Waals surface area contributed by atoms with Crippen molar-refractivity contribution in [1.82, 2.24) is 10.2 Å². The summed E-state index contributed by atoms with van der Waals surface area (Å²) in [5, 5.41) is 3.40. The molecule has 1 heterocycles. The Hall–Kier alpha value is -0.420. The molecule has 0 bridgehead atoms. The molecule has 1 N–H and O–H groups in total. The highest BCUT2D eigenvalue weighted by molar-refractivity contribution is 7.12. The molecule has 3 nitrogen and oxygen atoms in total. The first kappa shape index (κ1) is 17.6. The van der Waals surface area contributed by atoms with Crippen LogP contribution in [0, 0.1) is 12.8 Å². The van der Waals surface area contributed by atoms with Crippen molar-refractivity contribution in [2.24, 2.45) is 5.92 Å². The van der Waals surface area contributed by atoms with Gasteiger partial charge in [-0.1, -0.05) is 20.8 Å². The number of hydrogen-bond acceptors (Lipinski definition) is 4. The summed E-state index contributed by atoms with van der Waals surface area (Å²) in [5.74, 6) is 0.687. The summed E-state index contributed by atoms with van der Waals surface area (Å²) < 4.78 is 5.23. The normalized spacial score (nSPS) is 11.8. The van der Waals surface area contributed by atoms with E-state index in [-0.39, 0.29) is 0 Å². The summed E-state index contributed by atoms with van der Waals surface area (Å²) in [6.45, 7) is 14.9. The van der Waals surface area contributed by atoms with Gasteiger partial charge in [-0.05, 0) is 31.0 Å². The van der Waals surface area contributed by atoms with Gasteiger partial charge in [-0.25, -0.2) is 0 Å². The van der Waals surface area contributed by atoms with E-state index in [0.29, 0.717) is 5.92 Å². The maximum Gasteiger partial charge on any atom is 0.0589 e. The lowest BCUT2D eigenvalue weighted by Gasteiger charge is -2.23. The van der Waals surface area contributed by atoms with Crippen LogP contribution in [0.15, 0.2) is 6.07 Å². The maximum absolute atomic E-state index is 5.23. The van der Waals surface area contributed by atoms with Crippen LogP contribution in [-0.4, -0.2) is 38.3 Å². The Morgan fingerprint density at radius 1 is 1.40 bits per heavy atom. The molecule has 1 rings (SSSR count). The van der Waals surface area contributed by atoms with Crippen LogP contribution in [0.4, 0.5) is 0 Å². The molecule has 0 aliphatic carbocycles. The van der Waals surface area contributed by atoms with Crippen LogP contribution >= 0.6 is 11.3 Å². The number of nitrogens with zero attached hydrogens (tertiary/aromatic N) is 1. The average molecular weight is 298 g/mol. The number of hydrogen-bond donors (Lipinski definition) is 1. The van der Waals surface area contributed by atoms with Gasteiger partial charge in [0.25, 0.3) is 0 Å². The van der Waals surface area contributed by atoms with Gasteiger partial charge in [0, 0.05) is 43.0 Å². The second-order valence-corrected chi connectivity index (χ2v) is 7.04. The predicted octanol–water partition coefficient (Wildman–Crippen LogP) is 3.27. The molecule has 116 valence electrons. The number of aryl methyl sites for hydroxylation is 1. The third kappa shape index (κ3) is 6.35. The fourth-order valence-electron chi connectivity index (χ4n) is 2.29. The smallest absolute Gasteiger partial charge is 0.0589 e. The fraction of sp³-hybridized carbons (Fsp3) is 0.750. The first-order valence-electron chi connectivity index (χ1n) is 7.57. The van der Waals surface area contributed by atoms with E-state index in [4.69, 9.17) is 4.74 Å². The topological polar surface area (TPSA) is 24.5 Å². The number of nitrogens with one attached hydrogen (secondary N) is 1. The molecule has 0 saturated heterocycles. The summed E-state index contributed by atoms with van der Waals surface area (Å²) in [5.41, 5.74) is 1.47. The standard InChI is InChI=1S/C16H30N2OS/c1-6-17-10-16-9-15(14(4)20-16)12-18(7-8-19-5)11-13(2)3/h9,13,17H,6-8,10-12H2,1-5H3. The van der Waals surface area contributed by atoms with Gasteiger partial charge in [0.1, 0.15) is 0 Å². The molecule has 0 fully saturated rings. The molecule has 1 aromatic heterocycles. The second-order valence-electron chi connectivity index (χ2n) is 5.70. The Bertz CT molecular complexity index is 377. The monoisotopic (exact) mass is 298 g/mol. The molecular weight excluding hydrogens is 268 g/mol. The highest BCUT2D eigenvalue weighted by atomic mass is 32.1. The molecule has 0 atom stereocenters. The van der Waals surface area contributed by atoms with Crippen LogP contribution in [0.3, 0.4) is 0 Å². The average Bonchev–Trinajstić information content (AvgIpc) is 2.73.